The average molecular weight is 483 g/mol. The van der Waals surface area contributed by atoms with Gasteiger partial charge in [-0.2, -0.15) is 0 Å². The van der Waals surface area contributed by atoms with Gasteiger partial charge in [0.1, 0.15) is 10.8 Å². The lowest BCUT2D eigenvalue weighted by atomic mass is 10.2. The van der Waals surface area contributed by atoms with Gasteiger partial charge in [-0.15, -0.1) is 10.2 Å². The van der Waals surface area contributed by atoms with Crippen molar-refractivity contribution in [3.05, 3.63) is 69.9 Å². The number of aryl methyl sites for hydroxylation is 1. The Kier molecular flexibility index (Phi) is 7.81. The number of para-hydroxylation sites is 1. The van der Waals surface area contributed by atoms with Crippen LogP contribution in [0.2, 0.25) is 0 Å². The summed E-state index contributed by atoms with van der Waals surface area (Å²) in [6.45, 7) is 6.54. The summed E-state index contributed by atoms with van der Waals surface area (Å²) in [5.41, 5.74) is 1.78. The van der Waals surface area contributed by atoms with Crippen LogP contribution in [-0.4, -0.2) is 66.2 Å². The van der Waals surface area contributed by atoms with E-state index in [0.29, 0.717) is 28.5 Å². The second-order valence-electron chi connectivity index (χ2n) is 8.05. The summed E-state index contributed by atoms with van der Waals surface area (Å²) >= 11 is 1.22. The van der Waals surface area contributed by atoms with E-state index in [-0.39, 0.29) is 17.6 Å². The van der Waals surface area contributed by atoms with Crippen LogP contribution in [0.5, 0.6) is 0 Å². The maximum Gasteiger partial charge on any atom is 0.286 e. The van der Waals surface area contributed by atoms with E-state index in [4.69, 9.17) is 0 Å². The molecule has 34 heavy (non-hydrogen) atoms. The van der Waals surface area contributed by atoms with Crippen LogP contribution in [0.25, 0.3) is 0 Å². The molecule has 1 aliphatic rings. The van der Waals surface area contributed by atoms with Crippen molar-refractivity contribution in [1.29, 1.82) is 0 Å². The monoisotopic (exact) mass is 482 g/mol. The zero-order valence-corrected chi connectivity index (χ0v) is 19.8. The highest BCUT2D eigenvalue weighted by Gasteiger charge is 2.19. The predicted molar refractivity (Wildman–Crippen MR) is 131 cm³/mol. The fourth-order valence-electron chi connectivity index (χ4n) is 3.81. The molecule has 1 saturated heterocycles. The fourth-order valence-corrected chi connectivity index (χ4v) is 4.39. The van der Waals surface area contributed by atoms with Gasteiger partial charge in [0, 0.05) is 44.0 Å². The van der Waals surface area contributed by atoms with Gasteiger partial charge in [-0.25, -0.2) is 4.39 Å². The van der Waals surface area contributed by atoms with E-state index < -0.39 is 0 Å². The molecule has 4 rings (SSSR count). The Labute approximate surface area is 201 Å². The van der Waals surface area contributed by atoms with Crippen molar-refractivity contribution >= 4 is 34.5 Å². The first-order valence-electron chi connectivity index (χ1n) is 11.2. The summed E-state index contributed by atoms with van der Waals surface area (Å²) in [7, 11) is 0. The van der Waals surface area contributed by atoms with Gasteiger partial charge in [0.25, 0.3) is 11.8 Å². The summed E-state index contributed by atoms with van der Waals surface area (Å²) in [5, 5.41) is 14.4. The largest absolute Gasteiger partial charge is 0.367 e. The van der Waals surface area contributed by atoms with Crippen molar-refractivity contribution in [2.45, 2.75) is 13.3 Å². The molecule has 3 aromatic rings. The molecule has 1 fully saturated rings. The second kappa shape index (κ2) is 11.2. The van der Waals surface area contributed by atoms with E-state index in [9.17, 15) is 14.0 Å². The molecular weight excluding hydrogens is 455 g/mol. The van der Waals surface area contributed by atoms with E-state index in [0.717, 1.165) is 44.2 Å². The number of anilines is 2. The number of hydrogen-bond donors (Lipinski definition) is 2. The van der Waals surface area contributed by atoms with Crippen LogP contribution >= 0.6 is 11.3 Å². The molecule has 0 bridgehead atoms. The first kappa shape index (κ1) is 23.8. The number of rotatable bonds is 8. The maximum absolute atomic E-state index is 14.0. The van der Waals surface area contributed by atoms with Crippen molar-refractivity contribution in [3.8, 4) is 0 Å². The molecule has 2 heterocycles. The van der Waals surface area contributed by atoms with E-state index in [1.165, 1.54) is 17.4 Å². The molecule has 1 aliphatic heterocycles. The molecule has 10 heteroatoms. The first-order valence-corrected chi connectivity index (χ1v) is 12.0. The Morgan fingerprint density at radius 3 is 2.41 bits per heavy atom. The number of halogens is 1. The van der Waals surface area contributed by atoms with Crippen molar-refractivity contribution in [1.82, 2.24) is 20.4 Å². The Balaban J connectivity index is 1.15. The third-order valence-corrected chi connectivity index (χ3v) is 6.46. The standard InChI is InChI=1S/C24H27FN6O2S/c1-17-28-29-24(34-17)23(33)27-19-9-7-18(8-10-19)22(32)26-11-4-12-30-13-15-31(16-14-30)21-6-3-2-5-20(21)25/h2-3,5-10H,4,11-16H2,1H3,(H,26,32)(H,27,33). The molecule has 0 atom stereocenters. The van der Waals surface area contributed by atoms with Crippen molar-refractivity contribution in [2.24, 2.45) is 0 Å². The number of hydrogen-bond acceptors (Lipinski definition) is 7. The van der Waals surface area contributed by atoms with Gasteiger partial charge < -0.3 is 15.5 Å². The number of benzene rings is 2. The van der Waals surface area contributed by atoms with Gasteiger partial charge in [0.15, 0.2) is 0 Å². The number of nitrogens with one attached hydrogen (secondary N) is 2. The molecule has 2 amide bonds. The smallest absolute Gasteiger partial charge is 0.286 e. The normalized spacial score (nSPS) is 14.1. The number of aromatic nitrogens is 2. The Morgan fingerprint density at radius 2 is 1.74 bits per heavy atom. The topological polar surface area (TPSA) is 90.5 Å². The molecule has 0 aliphatic carbocycles. The summed E-state index contributed by atoms with van der Waals surface area (Å²) in [6.07, 6.45) is 0.834. The molecule has 2 aromatic carbocycles. The van der Waals surface area contributed by atoms with Gasteiger partial charge in [0.2, 0.25) is 5.01 Å². The number of carbonyl (C=O) groups is 2. The van der Waals surface area contributed by atoms with Gasteiger partial charge in [0.05, 0.1) is 5.69 Å². The van der Waals surface area contributed by atoms with E-state index in [2.05, 4.69) is 30.6 Å². The third kappa shape index (κ3) is 6.15. The Hall–Kier alpha value is -3.37. The molecule has 2 N–H and O–H groups in total. The van der Waals surface area contributed by atoms with Gasteiger partial charge in [-0.3, -0.25) is 14.5 Å². The molecule has 178 valence electrons. The number of carbonyl (C=O) groups excluding carboxylic acids is 2. The first-order chi connectivity index (χ1) is 16.5. The average Bonchev–Trinajstić information content (AvgIpc) is 3.29. The molecule has 0 saturated carbocycles. The zero-order chi connectivity index (χ0) is 23.9. The highest BCUT2D eigenvalue weighted by atomic mass is 32.1. The van der Waals surface area contributed by atoms with Crippen molar-refractivity contribution < 1.29 is 14.0 Å². The van der Waals surface area contributed by atoms with Crippen molar-refractivity contribution in [2.75, 3.05) is 49.5 Å². The van der Waals surface area contributed by atoms with Crippen LogP contribution in [0, 0.1) is 12.7 Å². The zero-order valence-electron chi connectivity index (χ0n) is 19.0. The minimum Gasteiger partial charge on any atom is -0.367 e. The third-order valence-electron chi connectivity index (χ3n) is 5.63. The van der Waals surface area contributed by atoms with E-state index >= 15 is 0 Å². The number of piperazine rings is 1. The molecule has 1 aromatic heterocycles. The van der Waals surface area contributed by atoms with E-state index in [1.54, 1.807) is 37.3 Å². The van der Waals surface area contributed by atoms with Crippen LogP contribution in [0.1, 0.15) is 31.6 Å². The Morgan fingerprint density at radius 1 is 1.00 bits per heavy atom. The van der Waals surface area contributed by atoms with E-state index in [1.807, 2.05) is 12.1 Å². The lowest BCUT2D eigenvalue weighted by molar-refractivity contribution is 0.0951. The second-order valence-corrected chi connectivity index (χ2v) is 9.23. The molecule has 0 spiro atoms. The number of amides is 2. The molecule has 0 unspecified atom stereocenters. The van der Waals surface area contributed by atoms with Crippen LogP contribution in [0.15, 0.2) is 48.5 Å². The van der Waals surface area contributed by atoms with Crippen LogP contribution < -0.4 is 15.5 Å². The Bertz CT molecular complexity index is 1130. The van der Waals surface area contributed by atoms with Gasteiger partial charge in [-0.1, -0.05) is 23.5 Å². The lowest BCUT2D eigenvalue weighted by Crippen LogP contribution is -2.47. The van der Waals surface area contributed by atoms with Gasteiger partial charge in [-0.05, 0) is 56.3 Å². The minimum atomic E-state index is -0.322. The minimum absolute atomic E-state index is 0.151. The summed E-state index contributed by atoms with van der Waals surface area (Å²) in [5.74, 6) is -0.652. The highest BCUT2D eigenvalue weighted by molar-refractivity contribution is 7.13. The van der Waals surface area contributed by atoms with Gasteiger partial charge >= 0.3 is 0 Å². The van der Waals surface area contributed by atoms with Crippen LogP contribution in [0.4, 0.5) is 15.8 Å². The summed E-state index contributed by atoms with van der Waals surface area (Å²) < 4.78 is 14.0. The predicted octanol–water partition coefficient (Wildman–Crippen LogP) is 3.18. The number of nitrogens with zero attached hydrogens (tertiary/aromatic N) is 4. The van der Waals surface area contributed by atoms with Crippen LogP contribution in [0.3, 0.4) is 0 Å². The summed E-state index contributed by atoms with van der Waals surface area (Å²) in [6, 6.07) is 13.6. The molecule has 0 radical (unpaired) electrons. The molecule has 8 nitrogen and oxygen atoms in total. The van der Waals surface area contributed by atoms with Crippen LogP contribution in [-0.2, 0) is 0 Å². The summed E-state index contributed by atoms with van der Waals surface area (Å²) in [4.78, 5) is 29.0. The highest BCUT2D eigenvalue weighted by Crippen LogP contribution is 2.20. The quantitative estimate of drug-likeness (QED) is 0.480. The SMILES string of the molecule is Cc1nnc(C(=O)Nc2ccc(C(=O)NCCCN3CCN(c4ccccc4F)CC3)cc2)s1. The lowest BCUT2D eigenvalue weighted by Gasteiger charge is -2.36. The molecular formula is C24H27FN6O2S. The maximum atomic E-state index is 14.0. The fraction of sp³-hybridized carbons (Fsp3) is 0.333. The van der Waals surface area contributed by atoms with Crippen molar-refractivity contribution in [3.63, 3.8) is 0 Å².